The molecule has 0 aromatic heterocycles. The van der Waals surface area contributed by atoms with Crippen LogP contribution in [0.4, 0.5) is 17.1 Å². The van der Waals surface area contributed by atoms with E-state index in [1.54, 1.807) is 12.1 Å². The molecule has 0 amide bonds. The number of para-hydroxylation sites is 3. The molecule has 2 heterocycles. The van der Waals surface area contributed by atoms with Gasteiger partial charge in [-0.25, -0.2) is 0 Å². The van der Waals surface area contributed by atoms with Gasteiger partial charge in [-0.05, 0) is 23.6 Å². The molecule has 2 aliphatic rings. The molecule has 1 fully saturated rings. The predicted octanol–water partition coefficient (Wildman–Crippen LogP) is 3.31. The van der Waals surface area contributed by atoms with E-state index >= 15 is 0 Å². The van der Waals surface area contributed by atoms with Gasteiger partial charge in [0.25, 0.3) is 5.69 Å². The van der Waals surface area contributed by atoms with Gasteiger partial charge in [0.1, 0.15) is 5.69 Å². The number of nitrogens with one attached hydrogen (secondary N) is 1. The van der Waals surface area contributed by atoms with Gasteiger partial charge >= 0.3 is 0 Å². The number of fused-ring (bicyclic) bond motifs is 1. The number of benzene rings is 2. The van der Waals surface area contributed by atoms with Gasteiger partial charge < -0.3 is 10.2 Å². The van der Waals surface area contributed by atoms with E-state index in [0.29, 0.717) is 0 Å². The Kier molecular flexibility index (Phi) is 5.64. The molecule has 7 heteroatoms. The number of nitrogens with zero attached hydrogens (tertiary/aromatic N) is 3. The van der Waals surface area contributed by atoms with Gasteiger partial charge in [0.05, 0.1) is 4.92 Å². The minimum Gasteiger partial charge on any atom is -0.384 e. The van der Waals surface area contributed by atoms with Gasteiger partial charge in [0, 0.05) is 51.0 Å². The van der Waals surface area contributed by atoms with Crippen LogP contribution in [0.15, 0.2) is 42.5 Å². The summed E-state index contributed by atoms with van der Waals surface area (Å²) in [6.07, 6.45) is 1.11. The van der Waals surface area contributed by atoms with Crippen LogP contribution in [0.5, 0.6) is 0 Å². The first-order valence-corrected chi connectivity index (χ1v) is 8.78. The van der Waals surface area contributed by atoms with Gasteiger partial charge in [-0.1, -0.05) is 30.3 Å². The van der Waals surface area contributed by atoms with Crippen molar-refractivity contribution in [2.24, 2.45) is 0 Å². The number of hydrogen-bond acceptors (Lipinski definition) is 5. The minimum atomic E-state index is -0.291. The maximum atomic E-state index is 11.2. The Labute approximate surface area is 159 Å². The molecule has 26 heavy (non-hydrogen) atoms. The van der Waals surface area contributed by atoms with Crippen LogP contribution in [0.1, 0.15) is 11.1 Å². The Morgan fingerprint density at radius 1 is 1.04 bits per heavy atom. The fourth-order valence-corrected chi connectivity index (χ4v) is 3.82. The zero-order chi connectivity index (χ0) is 17.2. The SMILES string of the molecule is Cl.O=[N+]([O-])c1ccccc1N1CCN(Cc2cccc3c2NCC3)CC1. The summed E-state index contributed by atoms with van der Waals surface area (Å²) in [5.41, 5.74) is 5.00. The molecule has 0 unspecified atom stereocenters. The zero-order valence-electron chi connectivity index (χ0n) is 14.6. The highest BCUT2D eigenvalue weighted by Gasteiger charge is 2.24. The molecule has 4 rings (SSSR count). The number of hydrogen-bond donors (Lipinski definition) is 1. The molecule has 0 saturated carbocycles. The van der Waals surface area contributed by atoms with E-state index in [2.05, 4.69) is 33.3 Å². The number of rotatable bonds is 4. The van der Waals surface area contributed by atoms with Crippen LogP contribution in [0, 0.1) is 10.1 Å². The summed E-state index contributed by atoms with van der Waals surface area (Å²) in [4.78, 5) is 15.5. The van der Waals surface area contributed by atoms with Crippen molar-refractivity contribution in [1.82, 2.24) is 4.90 Å². The van der Waals surface area contributed by atoms with Gasteiger partial charge in [0.2, 0.25) is 0 Å². The van der Waals surface area contributed by atoms with Crippen molar-refractivity contribution in [3.63, 3.8) is 0 Å². The van der Waals surface area contributed by atoms with Gasteiger partial charge in [-0.15, -0.1) is 12.4 Å². The van der Waals surface area contributed by atoms with Crippen LogP contribution < -0.4 is 10.2 Å². The maximum Gasteiger partial charge on any atom is 0.292 e. The summed E-state index contributed by atoms with van der Waals surface area (Å²) >= 11 is 0. The van der Waals surface area contributed by atoms with Crippen molar-refractivity contribution in [2.75, 3.05) is 42.9 Å². The normalized spacial score (nSPS) is 16.5. The first kappa shape index (κ1) is 18.5. The Balaban J connectivity index is 0.00000196. The smallest absolute Gasteiger partial charge is 0.292 e. The van der Waals surface area contributed by atoms with Crippen LogP contribution in [-0.4, -0.2) is 42.5 Å². The lowest BCUT2D eigenvalue weighted by Gasteiger charge is -2.36. The predicted molar refractivity (Wildman–Crippen MR) is 106 cm³/mol. The van der Waals surface area contributed by atoms with Crippen molar-refractivity contribution < 1.29 is 4.92 Å². The van der Waals surface area contributed by atoms with Crippen molar-refractivity contribution in [3.05, 3.63) is 63.7 Å². The molecule has 1 N–H and O–H groups in total. The average molecular weight is 375 g/mol. The number of anilines is 2. The third kappa shape index (κ3) is 3.61. The summed E-state index contributed by atoms with van der Waals surface area (Å²) < 4.78 is 0. The quantitative estimate of drug-likeness (QED) is 0.657. The van der Waals surface area contributed by atoms with Gasteiger partial charge in [0.15, 0.2) is 0 Å². The highest BCUT2D eigenvalue weighted by molar-refractivity contribution is 5.85. The largest absolute Gasteiger partial charge is 0.384 e. The third-order valence-electron chi connectivity index (χ3n) is 5.12. The molecular weight excluding hydrogens is 352 g/mol. The van der Waals surface area contributed by atoms with E-state index in [1.807, 2.05) is 12.1 Å². The second kappa shape index (κ2) is 7.93. The fraction of sp³-hybridized carbons (Fsp3) is 0.368. The highest BCUT2D eigenvalue weighted by atomic mass is 35.5. The number of nitro groups is 1. The topological polar surface area (TPSA) is 61.7 Å². The molecule has 0 bridgehead atoms. The van der Waals surface area contributed by atoms with E-state index < -0.39 is 0 Å². The summed E-state index contributed by atoms with van der Waals surface area (Å²) in [5.74, 6) is 0. The molecule has 0 spiro atoms. The standard InChI is InChI=1S/C19H22N4O2.ClH/c24-23(25)18-7-2-1-6-17(18)22-12-10-21(11-13-22)14-16-5-3-4-15-8-9-20-19(15)16;/h1-7,20H,8-14H2;1H. The van der Waals surface area contributed by atoms with Crippen LogP contribution >= 0.6 is 12.4 Å². The lowest BCUT2D eigenvalue weighted by atomic mass is 10.1. The van der Waals surface area contributed by atoms with E-state index in [9.17, 15) is 10.1 Å². The third-order valence-corrected chi connectivity index (χ3v) is 5.12. The van der Waals surface area contributed by atoms with Crippen molar-refractivity contribution in [1.29, 1.82) is 0 Å². The highest BCUT2D eigenvalue weighted by Crippen LogP contribution is 2.30. The Morgan fingerprint density at radius 3 is 2.58 bits per heavy atom. The van der Waals surface area contributed by atoms with Crippen LogP contribution in [0.3, 0.4) is 0 Å². The fourth-order valence-electron chi connectivity index (χ4n) is 3.82. The number of piperazine rings is 1. The van der Waals surface area contributed by atoms with E-state index in [-0.39, 0.29) is 23.0 Å². The Bertz CT molecular complexity index is 791. The van der Waals surface area contributed by atoms with Crippen LogP contribution in [0.25, 0.3) is 0 Å². The molecule has 2 aromatic rings. The van der Waals surface area contributed by atoms with Crippen LogP contribution in [-0.2, 0) is 13.0 Å². The van der Waals surface area contributed by atoms with Gasteiger partial charge in [-0.3, -0.25) is 15.0 Å². The first-order chi connectivity index (χ1) is 12.2. The van der Waals surface area contributed by atoms with Crippen LogP contribution in [0.2, 0.25) is 0 Å². The molecule has 1 saturated heterocycles. The molecule has 2 aliphatic heterocycles. The first-order valence-electron chi connectivity index (χ1n) is 8.78. The average Bonchev–Trinajstić information content (AvgIpc) is 3.12. The molecule has 0 radical (unpaired) electrons. The second-order valence-corrected chi connectivity index (χ2v) is 6.64. The number of halogens is 1. The minimum absolute atomic E-state index is 0. The second-order valence-electron chi connectivity index (χ2n) is 6.64. The lowest BCUT2D eigenvalue weighted by Crippen LogP contribution is -2.46. The maximum absolute atomic E-state index is 11.2. The lowest BCUT2D eigenvalue weighted by molar-refractivity contribution is -0.384. The Morgan fingerprint density at radius 2 is 1.81 bits per heavy atom. The molecule has 6 nitrogen and oxygen atoms in total. The van der Waals surface area contributed by atoms with Crippen molar-refractivity contribution in [2.45, 2.75) is 13.0 Å². The summed E-state index contributed by atoms with van der Waals surface area (Å²) in [5, 5.41) is 14.7. The monoisotopic (exact) mass is 374 g/mol. The molecule has 138 valence electrons. The van der Waals surface area contributed by atoms with Gasteiger partial charge in [-0.2, -0.15) is 0 Å². The molecule has 0 atom stereocenters. The molecule has 0 aliphatic carbocycles. The molecule has 2 aromatic carbocycles. The summed E-state index contributed by atoms with van der Waals surface area (Å²) in [6, 6.07) is 13.6. The van der Waals surface area contributed by atoms with E-state index in [1.165, 1.54) is 16.8 Å². The van der Waals surface area contributed by atoms with E-state index in [4.69, 9.17) is 0 Å². The molecular formula is C19H23ClN4O2. The van der Waals surface area contributed by atoms with E-state index in [0.717, 1.165) is 51.4 Å². The number of nitro benzene ring substituents is 1. The summed E-state index contributed by atoms with van der Waals surface area (Å²) in [7, 11) is 0. The van der Waals surface area contributed by atoms with Crippen molar-refractivity contribution >= 4 is 29.5 Å². The van der Waals surface area contributed by atoms with Crippen molar-refractivity contribution in [3.8, 4) is 0 Å². The summed E-state index contributed by atoms with van der Waals surface area (Å²) in [6.45, 7) is 5.41. The zero-order valence-corrected chi connectivity index (χ0v) is 15.4. The Hall–Kier alpha value is -2.31.